The van der Waals surface area contributed by atoms with E-state index in [0.717, 1.165) is 61.3 Å². The Morgan fingerprint density at radius 1 is 1.03 bits per heavy atom. The molecule has 152 valence electrons. The zero-order valence-electron chi connectivity index (χ0n) is 15.9. The van der Waals surface area contributed by atoms with Gasteiger partial charge in [0.05, 0.1) is 4.91 Å². The number of benzene rings is 1. The minimum absolute atomic E-state index is 0.301. The van der Waals surface area contributed by atoms with E-state index in [1.807, 2.05) is 30.3 Å². The molecule has 9 nitrogen and oxygen atoms in total. The molecule has 5 rings (SSSR count). The summed E-state index contributed by atoms with van der Waals surface area (Å²) in [5.41, 5.74) is 1.64. The highest BCUT2D eigenvalue weighted by Gasteiger charge is 2.25. The Morgan fingerprint density at radius 2 is 1.87 bits per heavy atom. The molecule has 0 spiro atoms. The van der Waals surface area contributed by atoms with Crippen molar-refractivity contribution >= 4 is 51.9 Å². The molecule has 1 N–H and O–H groups in total. The van der Waals surface area contributed by atoms with Crippen LogP contribution in [0, 0.1) is 0 Å². The molecule has 2 saturated heterocycles. The average molecular weight is 422 g/mol. The van der Waals surface area contributed by atoms with Crippen LogP contribution < -0.4 is 15.1 Å². The van der Waals surface area contributed by atoms with Crippen molar-refractivity contribution in [2.45, 2.75) is 6.42 Å². The summed E-state index contributed by atoms with van der Waals surface area (Å²) >= 11 is 0.857. The molecule has 0 radical (unpaired) electrons. The molecule has 0 atom stereocenters. The second kappa shape index (κ2) is 7.79. The highest BCUT2D eigenvalue weighted by molar-refractivity contribution is 8.18. The van der Waals surface area contributed by atoms with E-state index >= 15 is 0 Å². The van der Waals surface area contributed by atoms with Crippen molar-refractivity contribution in [3.05, 3.63) is 47.3 Å². The topological polar surface area (TPSA) is 104 Å². The summed E-state index contributed by atoms with van der Waals surface area (Å²) in [4.78, 5) is 41.1. The number of amides is 2. The van der Waals surface area contributed by atoms with Crippen molar-refractivity contribution in [3.8, 4) is 0 Å². The molecule has 30 heavy (non-hydrogen) atoms. The van der Waals surface area contributed by atoms with Crippen LogP contribution in [-0.4, -0.2) is 52.3 Å². The molecular formula is C20H18N6O3S. The fraction of sp³-hybridized carbons (Fsp3) is 0.250. The van der Waals surface area contributed by atoms with Gasteiger partial charge in [0.15, 0.2) is 11.4 Å². The van der Waals surface area contributed by atoms with E-state index in [1.54, 1.807) is 6.20 Å². The van der Waals surface area contributed by atoms with E-state index in [2.05, 4.69) is 30.1 Å². The quantitative estimate of drug-likeness (QED) is 0.638. The van der Waals surface area contributed by atoms with Crippen molar-refractivity contribution in [1.82, 2.24) is 20.3 Å². The van der Waals surface area contributed by atoms with Gasteiger partial charge in [0.2, 0.25) is 0 Å². The van der Waals surface area contributed by atoms with Crippen LogP contribution in [0.1, 0.15) is 12.2 Å². The maximum atomic E-state index is 11.7. The van der Waals surface area contributed by atoms with Gasteiger partial charge in [-0.2, -0.15) is 4.98 Å². The molecule has 2 amide bonds. The van der Waals surface area contributed by atoms with Gasteiger partial charge in [0.25, 0.3) is 17.2 Å². The second-order valence-corrected chi connectivity index (χ2v) is 7.93. The molecule has 1 aromatic carbocycles. The standard InChI is InChI=1S/C20H18N6O3S/c27-18-15(30-20(28)24-18)12-16-21-7-6-17(23-16)25-8-3-9-26(11-10-25)19-22-13-4-1-2-5-14(13)29-19/h1-2,4-7,12H,3,8-11H2,(H,24,27,28). The van der Waals surface area contributed by atoms with Gasteiger partial charge in [-0.1, -0.05) is 12.1 Å². The van der Waals surface area contributed by atoms with Gasteiger partial charge in [0, 0.05) is 38.5 Å². The summed E-state index contributed by atoms with van der Waals surface area (Å²) < 4.78 is 5.91. The zero-order valence-corrected chi connectivity index (χ0v) is 16.8. The molecule has 4 heterocycles. The number of rotatable bonds is 3. The molecule has 2 aliphatic rings. The van der Waals surface area contributed by atoms with Gasteiger partial charge >= 0.3 is 0 Å². The number of fused-ring (bicyclic) bond motifs is 1. The highest BCUT2D eigenvalue weighted by atomic mass is 32.2. The number of aromatic nitrogens is 3. The number of hydrogen-bond donors (Lipinski definition) is 1. The number of oxazole rings is 1. The lowest BCUT2D eigenvalue weighted by atomic mass is 10.3. The molecule has 2 aliphatic heterocycles. The first-order valence-electron chi connectivity index (χ1n) is 9.59. The van der Waals surface area contributed by atoms with E-state index in [-0.39, 0.29) is 5.24 Å². The highest BCUT2D eigenvalue weighted by Crippen LogP contribution is 2.26. The molecule has 0 aliphatic carbocycles. The third-order valence-electron chi connectivity index (χ3n) is 4.93. The Balaban J connectivity index is 1.32. The fourth-order valence-electron chi connectivity index (χ4n) is 3.48. The van der Waals surface area contributed by atoms with Crippen LogP contribution in [0.4, 0.5) is 16.6 Å². The fourth-order valence-corrected chi connectivity index (χ4v) is 4.13. The van der Waals surface area contributed by atoms with Gasteiger partial charge in [-0.25, -0.2) is 9.97 Å². The van der Waals surface area contributed by atoms with Crippen LogP contribution in [0.25, 0.3) is 17.2 Å². The Hall–Kier alpha value is -3.40. The minimum Gasteiger partial charge on any atom is -0.423 e. The third-order valence-corrected chi connectivity index (χ3v) is 5.75. The monoisotopic (exact) mass is 422 g/mol. The van der Waals surface area contributed by atoms with E-state index in [1.165, 1.54) is 6.08 Å². The number of para-hydroxylation sites is 2. The van der Waals surface area contributed by atoms with Crippen LogP contribution in [-0.2, 0) is 4.79 Å². The summed E-state index contributed by atoms with van der Waals surface area (Å²) in [7, 11) is 0. The molecule has 2 aromatic heterocycles. The first-order valence-corrected chi connectivity index (χ1v) is 10.4. The maximum absolute atomic E-state index is 11.7. The minimum atomic E-state index is -0.414. The number of nitrogens with zero attached hydrogens (tertiary/aromatic N) is 5. The molecule has 0 bridgehead atoms. The molecular weight excluding hydrogens is 404 g/mol. The van der Waals surface area contributed by atoms with Crippen molar-refractivity contribution in [2.75, 3.05) is 36.0 Å². The van der Waals surface area contributed by atoms with Crippen molar-refractivity contribution in [1.29, 1.82) is 0 Å². The van der Waals surface area contributed by atoms with Crippen LogP contribution in [0.15, 0.2) is 45.9 Å². The Labute approximate surface area is 176 Å². The first kappa shape index (κ1) is 18.6. The predicted octanol–water partition coefficient (Wildman–Crippen LogP) is 2.66. The van der Waals surface area contributed by atoms with Crippen molar-refractivity contribution in [3.63, 3.8) is 0 Å². The lowest BCUT2D eigenvalue weighted by molar-refractivity contribution is -0.115. The summed E-state index contributed by atoms with van der Waals surface area (Å²) in [6.45, 7) is 3.17. The molecule has 2 fully saturated rings. The number of anilines is 2. The van der Waals surface area contributed by atoms with Crippen LogP contribution in [0.5, 0.6) is 0 Å². The van der Waals surface area contributed by atoms with Crippen LogP contribution in [0.2, 0.25) is 0 Å². The van der Waals surface area contributed by atoms with Crippen LogP contribution >= 0.6 is 11.8 Å². The Bertz CT molecular complexity index is 1130. The lowest BCUT2D eigenvalue weighted by Gasteiger charge is -2.22. The number of thioether (sulfide) groups is 1. The van der Waals surface area contributed by atoms with Gasteiger partial charge in [-0.05, 0) is 36.4 Å². The molecule has 10 heteroatoms. The Kier molecular flexibility index (Phi) is 4.83. The van der Waals surface area contributed by atoms with E-state index in [0.29, 0.717) is 16.7 Å². The molecule has 0 saturated carbocycles. The van der Waals surface area contributed by atoms with Crippen LogP contribution in [0.3, 0.4) is 0 Å². The van der Waals surface area contributed by atoms with E-state index < -0.39 is 5.91 Å². The number of imide groups is 1. The van der Waals surface area contributed by atoms with Crippen molar-refractivity contribution in [2.24, 2.45) is 0 Å². The number of carbonyl (C=O) groups excluding carboxylic acids is 2. The van der Waals surface area contributed by atoms with Gasteiger partial charge < -0.3 is 14.2 Å². The SMILES string of the molecule is O=C1NC(=O)C(=Cc2nccc(N3CCCN(c4nc5ccccc5o4)CC3)n2)S1. The first-order chi connectivity index (χ1) is 14.7. The largest absolute Gasteiger partial charge is 0.423 e. The number of carbonyl (C=O) groups is 2. The predicted molar refractivity (Wildman–Crippen MR) is 114 cm³/mol. The summed E-state index contributed by atoms with van der Waals surface area (Å²) in [5.74, 6) is 0.772. The van der Waals surface area contributed by atoms with E-state index in [9.17, 15) is 9.59 Å². The molecule has 3 aromatic rings. The van der Waals surface area contributed by atoms with E-state index in [4.69, 9.17) is 4.42 Å². The maximum Gasteiger partial charge on any atom is 0.298 e. The second-order valence-electron chi connectivity index (χ2n) is 6.92. The average Bonchev–Trinajstić information content (AvgIpc) is 3.21. The number of nitrogens with one attached hydrogen (secondary N) is 1. The summed E-state index contributed by atoms with van der Waals surface area (Å²) in [6.07, 6.45) is 4.13. The van der Waals surface area contributed by atoms with Gasteiger partial charge in [-0.3, -0.25) is 14.9 Å². The molecule has 0 unspecified atom stereocenters. The Morgan fingerprint density at radius 3 is 2.70 bits per heavy atom. The summed E-state index contributed by atoms with van der Waals surface area (Å²) in [5, 5.41) is 1.85. The summed E-state index contributed by atoms with van der Waals surface area (Å²) in [6, 6.07) is 10.2. The number of hydrogen-bond acceptors (Lipinski definition) is 9. The smallest absolute Gasteiger partial charge is 0.298 e. The lowest BCUT2D eigenvalue weighted by Crippen LogP contribution is -2.31. The van der Waals surface area contributed by atoms with Gasteiger partial charge in [0.1, 0.15) is 11.3 Å². The van der Waals surface area contributed by atoms with Gasteiger partial charge in [-0.15, -0.1) is 0 Å². The zero-order chi connectivity index (χ0) is 20.5. The van der Waals surface area contributed by atoms with Crippen molar-refractivity contribution < 1.29 is 14.0 Å². The third kappa shape index (κ3) is 3.73. The normalized spacial score (nSPS) is 18.9.